The fourth-order valence-corrected chi connectivity index (χ4v) is 2.95. The molecule has 1 aromatic heterocycles. The highest BCUT2D eigenvalue weighted by molar-refractivity contribution is 5.27. The summed E-state index contributed by atoms with van der Waals surface area (Å²) in [6.45, 7) is 6.85. The van der Waals surface area contributed by atoms with E-state index in [-0.39, 0.29) is 6.04 Å². The highest BCUT2D eigenvalue weighted by Crippen LogP contribution is 2.23. The second-order valence-electron chi connectivity index (χ2n) is 5.91. The maximum absolute atomic E-state index is 9.54. The molecule has 2 N–H and O–H groups in total. The third-order valence-electron chi connectivity index (χ3n) is 4.15. The number of phenols is 1. The van der Waals surface area contributed by atoms with E-state index in [1.54, 1.807) is 12.1 Å². The lowest BCUT2D eigenvalue weighted by Gasteiger charge is -2.33. The molecule has 1 atom stereocenters. The fourth-order valence-electron chi connectivity index (χ4n) is 2.95. The van der Waals surface area contributed by atoms with Crippen molar-refractivity contribution in [3.63, 3.8) is 0 Å². The number of benzene rings is 1. The second kappa shape index (κ2) is 7.64. The third kappa shape index (κ3) is 4.34. The van der Waals surface area contributed by atoms with Crippen LogP contribution in [0.4, 0.5) is 0 Å². The maximum atomic E-state index is 9.54. The largest absolute Gasteiger partial charge is 0.508 e. The number of hydrogen-bond donors (Lipinski definition) is 2. The molecule has 0 aliphatic carbocycles. The quantitative estimate of drug-likeness (QED) is 0.857. The van der Waals surface area contributed by atoms with Crippen LogP contribution in [-0.4, -0.2) is 42.9 Å². The predicted molar refractivity (Wildman–Crippen MR) is 88.4 cm³/mol. The Morgan fingerprint density at radius 1 is 1.22 bits per heavy atom. The number of nitrogens with zero attached hydrogens (tertiary/aromatic N) is 1. The van der Waals surface area contributed by atoms with E-state index in [2.05, 4.69) is 16.3 Å². The third-order valence-corrected chi connectivity index (χ3v) is 4.15. The van der Waals surface area contributed by atoms with Crippen molar-refractivity contribution in [3.8, 4) is 5.75 Å². The SMILES string of the molecule is Cc1ccc(C(CNCc2cccc(O)c2)N2CCOCC2)o1. The minimum Gasteiger partial charge on any atom is -0.508 e. The van der Waals surface area contributed by atoms with Gasteiger partial charge in [-0.3, -0.25) is 4.90 Å². The second-order valence-corrected chi connectivity index (χ2v) is 5.91. The lowest BCUT2D eigenvalue weighted by molar-refractivity contribution is 0.0115. The summed E-state index contributed by atoms with van der Waals surface area (Å²) >= 11 is 0. The first-order valence-corrected chi connectivity index (χ1v) is 8.09. The molecule has 1 aromatic carbocycles. The number of hydrogen-bond acceptors (Lipinski definition) is 5. The van der Waals surface area contributed by atoms with Crippen LogP contribution in [0.5, 0.6) is 5.75 Å². The van der Waals surface area contributed by atoms with Crippen molar-refractivity contribution in [2.75, 3.05) is 32.8 Å². The van der Waals surface area contributed by atoms with Gasteiger partial charge in [-0.05, 0) is 36.8 Å². The average Bonchev–Trinajstić information content (AvgIpc) is 2.99. The van der Waals surface area contributed by atoms with E-state index in [0.717, 1.165) is 56.5 Å². The number of rotatable bonds is 6. The lowest BCUT2D eigenvalue weighted by Crippen LogP contribution is -2.42. The van der Waals surface area contributed by atoms with Gasteiger partial charge in [-0.1, -0.05) is 12.1 Å². The molecular formula is C18H24N2O3. The molecule has 124 valence electrons. The Morgan fingerprint density at radius 2 is 2.04 bits per heavy atom. The normalized spacial score (nSPS) is 17.3. The molecule has 2 aromatic rings. The summed E-state index contributed by atoms with van der Waals surface area (Å²) in [5.74, 6) is 2.23. The Kier molecular flexibility index (Phi) is 5.33. The van der Waals surface area contributed by atoms with Crippen LogP contribution in [-0.2, 0) is 11.3 Å². The summed E-state index contributed by atoms with van der Waals surface area (Å²) < 4.78 is 11.3. The Morgan fingerprint density at radius 3 is 2.74 bits per heavy atom. The predicted octanol–water partition coefficient (Wildman–Crippen LogP) is 2.46. The van der Waals surface area contributed by atoms with Crippen LogP contribution in [0.3, 0.4) is 0 Å². The standard InChI is InChI=1S/C18H24N2O3/c1-14-5-6-18(23-14)17(20-7-9-22-10-8-20)13-19-12-15-3-2-4-16(21)11-15/h2-6,11,17,19,21H,7-10,12-13H2,1H3. The number of ether oxygens (including phenoxy) is 1. The van der Waals surface area contributed by atoms with Crippen LogP contribution in [0, 0.1) is 6.92 Å². The summed E-state index contributed by atoms with van der Waals surface area (Å²) in [6.07, 6.45) is 0. The molecule has 0 amide bonds. The van der Waals surface area contributed by atoms with Crippen LogP contribution < -0.4 is 5.32 Å². The summed E-state index contributed by atoms with van der Waals surface area (Å²) in [5.41, 5.74) is 1.07. The molecule has 0 spiro atoms. The zero-order chi connectivity index (χ0) is 16.1. The fraction of sp³-hybridized carbons (Fsp3) is 0.444. The van der Waals surface area contributed by atoms with Gasteiger partial charge in [0.05, 0.1) is 19.3 Å². The molecule has 0 radical (unpaired) electrons. The number of furan rings is 1. The van der Waals surface area contributed by atoms with Crippen molar-refractivity contribution in [2.45, 2.75) is 19.5 Å². The number of aromatic hydroxyl groups is 1. The van der Waals surface area contributed by atoms with E-state index >= 15 is 0 Å². The Balaban J connectivity index is 1.63. The van der Waals surface area contributed by atoms with Gasteiger partial charge in [0.1, 0.15) is 17.3 Å². The van der Waals surface area contributed by atoms with Crippen molar-refractivity contribution in [1.29, 1.82) is 0 Å². The minimum absolute atomic E-state index is 0.199. The number of phenolic OH excluding ortho intramolecular Hbond substituents is 1. The van der Waals surface area contributed by atoms with E-state index in [0.29, 0.717) is 5.75 Å². The molecule has 1 saturated heterocycles. The van der Waals surface area contributed by atoms with Gasteiger partial charge >= 0.3 is 0 Å². The molecule has 1 aliphatic heterocycles. The summed E-state index contributed by atoms with van der Waals surface area (Å²) in [6, 6.07) is 11.6. The lowest BCUT2D eigenvalue weighted by atomic mass is 10.1. The van der Waals surface area contributed by atoms with Crippen molar-refractivity contribution in [3.05, 3.63) is 53.5 Å². The van der Waals surface area contributed by atoms with Crippen LogP contribution in [0.15, 0.2) is 40.8 Å². The Bertz CT molecular complexity index is 620. The molecule has 1 unspecified atom stereocenters. The number of morpholine rings is 1. The van der Waals surface area contributed by atoms with Crippen LogP contribution in [0.25, 0.3) is 0 Å². The van der Waals surface area contributed by atoms with Crippen LogP contribution in [0.2, 0.25) is 0 Å². The molecule has 1 aliphatic rings. The topological polar surface area (TPSA) is 57.9 Å². The molecular weight excluding hydrogens is 292 g/mol. The summed E-state index contributed by atoms with van der Waals surface area (Å²) in [4.78, 5) is 2.40. The van der Waals surface area contributed by atoms with Crippen LogP contribution in [0.1, 0.15) is 23.1 Å². The van der Waals surface area contributed by atoms with Gasteiger partial charge in [0.15, 0.2) is 0 Å². The minimum atomic E-state index is 0.199. The first kappa shape index (κ1) is 16.1. The highest BCUT2D eigenvalue weighted by atomic mass is 16.5. The number of nitrogens with one attached hydrogen (secondary N) is 1. The Labute approximate surface area is 136 Å². The Hall–Kier alpha value is -1.82. The molecule has 1 fully saturated rings. The zero-order valence-corrected chi connectivity index (χ0v) is 13.5. The van der Waals surface area contributed by atoms with Crippen molar-refractivity contribution in [2.24, 2.45) is 0 Å². The molecule has 2 heterocycles. The van der Waals surface area contributed by atoms with E-state index in [4.69, 9.17) is 9.15 Å². The van der Waals surface area contributed by atoms with Gasteiger partial charge in [0.25, 0.3) is 0 Å². The van der Waals surface area contributed by atoms with Gasteiger partial charge in [0.2, 0.25) is 0 Å². The molecule has 0 bridgehead atoms. The molecule has 5 nitrogen and oxygen atoms in total. The average molecular weight is 316 g/mol. The number of aryl methyl sites for hydroxylation is 1. The summed E-state index contributed by atoms with van der Waals surface area (Å²) in [5, 5.41) is 13.0. The van der Waals surface area contributed by atoms with Gasteiger partial charge < -0.3 is 19.6 Å². The van der Waals surface area contributed by atoms with Gasteiger partial charge in [-0.25, -0.2) is 0 Å². The van der Waals surface area contributed by atoms with Crippen molar-refractivity contribution < 1.29 is 14.3 Å². The van der Waals surface area contributed by atoms with E-state index in [1.807, 2.05) is 25.1 Å². The monoisotopic (exact) mass is 316 g/mol. The highest BCUT2D eigenvalue weighted by Gasteiger charge is 2.24. The smallest absolute Gasteiger partial charge is 0.122 e. The van der Waals surface area contributed by atoms with Crippen molar-refractivity contribution >= 4 is 0 Å². The van der Waals surface area contributed by atoms with E-state index in [1.165, 1.54) is 0 Å². The first-order chi connectivity index (χ1) is 11.2. The van der Waals surface area contributed by atoms with E-state index < -0.39 is 0 Å². The first-order valence-electron chi connectivity index (χ1n) is 8.09. The maximum Gasteiger partial charge on any atom is 0.122 e. The summed E-state index contributed by atoms with van der Waals surface area (Å²) in [7, 11) is 0. The molecule has 5 heteroatoms. The van der Waals surface area contributed by atoms with E-state index in [9.17, 15) is 5.11 Å². The van der Waals surface area contributed by atoms with Crippen LogP contribution >= 0.6 is 0 Å². The van der Waals surface area contributed by atoms with Gasteiger partial charge in [0, 0.05) is 26.2 Å². The van der Waals surface area contributed by atoms with Crippen molar-refractivity contribution in [1.82, 2.24) is 10.2 Å². The zero-order valence-electron chi connectivity index (χ0n) is 13.5. The molecule has 3 rings (SSSR count). The van der Waals surface area contributed by atoms with Gasteiger partial charge in [-0.15, -0.1) is 0 Å². The molecule has 0 saturated carbocycles. The molecule has 23 heavy (non-hydrogen) atoms. The van der Waals surface area contributed by atoms with Gasteiger partial charge in [-0.2, -0.15) is 0 Å².